The summed E-state index contributed by atoms with van der Waals surface area (Å²) in [5, 5.41) is 0. The lowest BCUT2D eigenvalue weighted by Crippen LogP contribution is -2.39. The maximum Gasteiger partial charge on any atom is 0.118 e. The van der Waals surface area contributed by atoms with E-state index in [9.17, 15) is 0 Å². The highest BCUT2D eigenvalue weighted by atomic mass is 16.5. The van der Waals surface area contributed by atoms with Crippen LogP contribution in [0.25, 0.3) is 5.57 Å². The average molecular weight is 305 g/mol. The van der Waals surface area contributed by atoms with Crippen LogP contribution < -0.4 is 0 Å². The van der Waals surface area contributed by atoms with Crippen LogP contribution in [0.3, 0.4) is 0 Å². The Hall–Kier alpha value is -2.32. The van der Waals surface area contributed by atoms with Gasteiger partial charge in [-0.3, -0.25) is 4.90 Å². The van der Waals surface area contributed by atoms with Gasteiger partial charge in [0.1, 0.15) is 5.76 Å². The Balaban J connectivity index is 2.21. The molecule has 1 aliphatic rings. The van der Waals surface area contributed by atoms with Crippen molar-refractivity contribution in [3.05, 3.63) is 89.7 Å². The molecule has 0 aromatic heterocycles. The third-order valence-corrected chi connectivity index (χ3v) is 4.36. The lowest BCUT2D eigenvalue weighted by Gasteiger charge is -2.38. The molecule has 2 aromatic carbocycles. The van der Waals surface area contributed by atoms with E-state index in [-0.39, 0.29) is 5.54 Å². The second-order valence-corrected chi connectivity index (χ2v) is 5.93. The third kappa shape index (κ3) is 2.71. The monoisotopic (exact) mass is 305 g/mol. The van der Waals surface area contributed by atoms with E-state index in [0.29, 0.717) is 6.61 Å². The summed E-state index contributed by atoms with van der Waals surface area (Å²) in [6.45, 7) is 2.69. The number of nitrogens with zero attached hydrogens (tertiary/aromatic N) is 1. The molecule has 0 bridgehead atoms. The first kappa shape index (κ1) is 15.6. The molecule has 0 saturated carbocycles. The van der Waals surface area contributed by atoms with Crippen LogP contribution in [0.2, 0.25) is 0 Å². The predicted molar refractivity (Wildman–Crippen MR) is 95.9 cm³/mol. The Labute approximate surface area is 138 Å². The van der Waals surface area contributed by atoms with E-state index >= 15 is 0 Å². The molecule has 0 amide bonds. The molecule has 118 valence electrons. The van der Waals surface area contributed by atoms with Gasteiger partial charge in [-0.05, 0) is 49.9 Å². The van der Waals surface area contributed by atoms with Crippen molar-refractivity contribution in [2.24, 2.45) is 0 Å². The zero-order chi connectivity index (χ0) is 16.3. The number of allylic oxidation sites excluding steroid dienone is 1. The topological polar surface area (TPSA) is 12.5 Å². The van der Waals surface area contributed by atoms with Crippen LogP contribution in [-0.2, 0) is 10.3 Å². The number of likely N-dealkylation sites (N-methyl/N-ethyl adjacent to an activating group) is 1. The summed E-state index contributed by atoms with van der Waals surface area (Å²) in [7, 11) is 4.24. The molecule has 0 fully saturated rings. The first-order valence-corrected chi connectivity index (χ1v) is 8.04. The van der Waals surface area contributed by atoms with Gasteiger partial charge in [0.2, 0.25) is 0 Å². The summed E-state index contributed by atoms with van der Waals surface area (Å²) in [4.78, 5) is 2.26. The lowest BCUT2D eigenvalue weighted by molar-refractivity contribution is 0.232. The number of benzene rings is 2. The quantitative estimate of drug-likeness (QED) is 0.808. The van der Waals surface area contributed by atoms with Crippen molar-refractivity contribution in [3.8, 4) is 0 Å². The number of ether oxygens (including phenoxy) is 1. The second kappa shape index (κ2) is 6.43. The highest BCUT2D eigenvalue weighted by molar-refractivity contribution is 5.82. The first-order valence-electron chi connectivity index (χ1n) is 8.04. The van der Waals surface area contributed by atoms with Gasteiger partial charge in [-0.1, -0.05) is 60.7 Å². The first-order chi connectivity index (χ1) is 11.2. The van der Waals surface area contributed by atoms with Gasteiger partial charge in [0, 0.05) is 0 Å². The fourth-order valence-electron chi connectivity index (χ4n) is 3.31. The van der Waals surface area contributed by atoms with E-state index in [1.807, 2.05) is 6.92 Å². The van der Waals surface area contributed by atoms with E-state index < -0.39 is 0 Å². The molecule has 0 radical (unpaired) electrons. The molecule has 1 atom stereocenters. The molecular weight excluding hydrogens is 282 g/mol. The highest BCUT2D eigenvalue weighted by Crippen LogP contribution is 2.46. The maximum atomic E-state index is 5.84. The highest BCUT2D eigenvalue weighted by Gasteiger charge is 2.41. The summed E-state index contributed by atoms with van der Waals surface area (Å²) in [5.41, 5.74) is 3.40. The van der Waals surface area contributed by atoms with Crippen molar-refractivity contribution in [2.75, 3.05) is 20.7 Å². The van der Waals surface area contributed by atoms with Crippen molar-refractivity contribution >= 4 is 5.57 Å². The standard InChI is InChI=1S/C21H23NO/c1-4-23-19-15-20(17-11-7-5-8-12-17)21(16-19,22(2)3)18-13-9-6-10-14-18/h5-16H,4H2,1-3H3. The number of hydrogen-bond donors (Lipinski definition) is 0. The van der Waals surface area contributed by atoms with Crippen LogP contribution in [0.5, 0.6) is 0 Å². The average Bonchev–Trinajstić information content (AvgIpc) is 2.97. The molecule has 1 unspecified atom stereocenters. The molecule has 2 aromatic rings. The normalized spacial score (nSPS) is 20.3. The summed E-state index contributed by atoms with van der Waals surface area (Å²) in [5.74, 6) is 0.934. The van der Waals surface area contributed by atoms with E-state index in [1.54, 1.807) is 0 Å². The van der Waals surface area contributed by atoms with Gasteiger partial charge in [-0.15, -0.1) is 0 Å². The Morgan fingerprint density at radius 3 is 2.09 bits per heavy atom. The minimum Gasteiger partial charge on any atom is -0.494 e. The van der Waals surface area contributed by atoms with Crippen LogP contribution in [0.15, 0.2) is 78.6 Å². The Kier molecular flexibility index (Phi) is 4.35. The van der Waals surface area contributed by atoms with E-state index in [1.165, 1.54) is 16.7 Å². The summed E-state index contributed by atoms with van der Waals surface area (Å²) in [6.07, 6.45) is 4.40. The maximum absolute atomic E-state index is 5.84. The minimum atomic E-state index is -0.312. The van der Waals surface area contributed by atoms with Gasteiger partial charge < -0.3 is 4.74 Å². The zero-order valence-electron chi connectivity index (χ0n) is 14.0. The van der Waals surface area contributed by atoms with Crippen LogP contribution >= 0.6 is 0 Å². The van der Waals surface area contributed by atoms with Crippen LogP contribution in [-0.4, -0.2) is 25.6 Å². The van der Waals surface area contributed by atoms with Crippen molar-refractivity contribution in [1.29, 1.82) is 0 Å². The predicted octanol–water partition coefficient (Wildman–Crippen LogP) is 4.46. The molecule has 0 heterocycles. The number of rotatable bonds is 5. The van der Waals surface area contributed by atoms with Crippen LogP contribution in [0, 0.1) is 0 Å². The molecule has 3 rings (SSSR count). The van der Waals surface area contributed by atoms with Crippen molar-refractivity contribution in [3.63, 3.8) is 0 Å². The van der Waals surface area contributed by atoms with Gasteiger partial charge in [0.25, 0.3) is 0 Å². The van der Waals surface area contributed by atoms with Gasteiger partial charge in [0.05, 0.1) is 12.1 Å². The van der Waals surface area contributed by atoms with Crippen LogP contribution in [0.4, 0.5) is 0 Å². The van der Waals surface area contributed by atoms with Gasteiger partial charge >= 0.3 is 0 Å². The Morgan fingerprint density at radius 1 is 0.913 bits per heavy atom. The fourth-order valence-corrected chi connectivity index (χ4v) is 3.31. The summed E-state index contributed by atoms with van der Waals surface area (Å²) in [6, 6.07) is 21.2. The van der Waals surface area contributed by atoms with E-state index in [0.717, 1.165) is 5.76 Å². The molecule has 2 heteroatoms. The molecule has 0 saturated heterocycles. The second-order valence-electron chi connectivity index (χ2n) is 5.93. The lowest BCUT2D eigenvalue weighted by atomic mass is 9.80. The Bertz CT molecular complexity index is 716. The van der Waals surface area contributed by atoms with Crippen molar-refractivity contribution < 1.29 is 4.74 Å². The fraction of sp³-hybridized carbons (Fsp3) is 0.238. The molecule has 0 spiro atoms. The smallest absolute Gasteiger partial charge is 0.118 e. The van der Waals surface area contributed by atoms with Crippen molar-refractivity contribution in [1.82, 2.24) is 4.90 Å². The van der Waals surface area contributed by atoms with Crippen LogP contribution in [0.1, 0.15) is 18.1 Å². The largest absolute Gasteiger partial charge is 0.494 e. The van der Waals surface area contributed by atoms with Gasteiger partial charge in [0.15, 0.2) is 0 Å². The molecule has 1 aliphatic carbocycles. The van der Waals surface area contributed by atoms with E-state index in [4.69, 9.17) is 4.74 Å². The summed E-state index contributed by atoms with van der Waals surface area (Å²) < 4.78 is 5.84. The molecule has 0 aliphatic heterocycles. The SMILES string of the molecule is CCOC1=CC(c2ccccc2)(N(C)C)C(c2ccccc2)=C1. The van der Waals surface area contributed by atoms with Crippen molar-refractivity contribution in [2.45, 2.75) is 12.5 Å². The van der Waals surface area contributed by atoms with E-state index in [2.05, 4.69) is 91.8 Å². The Morgan fingerprint density at radius 2 is 1.52 bits per heavy atom. The van der Waals surface area contributed by atoms with Gasteiger partial charge in [-0.2, -0.15) is 0 Å². The third-order valence-electron chi connectivity index (χ3n) is 4.36. The molecule has 2 nitrogen and oxygen atoms in total. The summed E-state index contributed by atoms with van der Waals surface area (Å²) >= 11 is 0. The molecular formula is C21H23NO. The number of hydrogen-bond acceptors (Lipinski definition) is 2. The minimum absolute atomic E-state index is 0.312. The molecule has 23 heavy (non-hydrogen) atoms. The molecule has 0 N–H and O–H groups in total. The van der Waals surface area contributed by atoms with Gasteiger partial charge in [-0.25, -0.2) is 0 Å². The zero-order valence-corrected chi connectivity index (χ0v) is 14.0.